The lowest BCUT2D eigenvalue weighted by atomic mass is 10.1. The summed E-state index contributed by atoms with van der Waals surface area (Å²) in [7, 11) is 1.44. The normalized spacial score (nSPS) is 17.2. The summed E-state index contributed by atoms with van der Waals surface area (Å²) in [5.41, 5.74) is -0.0364. The maximum Gasteiger partial charge on any atom is 0.258 e. The fourth-order valence-corrected chi connectivity index (χ4v) is 3.69. The average Bonchev–Trinajstić information content (AvgIpc) is 3.04. The molecule has 1 atom stereocenters. The average molecular weight is 340 g/mol. The molecular formula is C16H21FN2O3S. The molecule has 7 heteroatoms. The van der Waals surface area contributed by atoms with Crippen molar-refractivity contribution in [2.24, 2.45) is 0 Å². The quantitative estimate of drug-likeness (QED) is 0.825. The molecule has 2 amide bonds. The topological polar surface area (TPSA) is 49.9 Å². The molecule has 0 spiro atoms. The Labute approximate surface area is 139 Å². The smallest absolute Gasteiger partial charge is 0.258 e. The minimum absolute atomic E-state index is 0.0364. The van der Waals surface area contributed by atoms with E-state index in [4.69, 9.17) is 4.74 Å². The van der Waals surface area contributed by atoms with Crippen molar-refractivity contribution in [1.29, 1.82) is 0 Å². The zero-order valence-corrected chi connectivity index (χ0v) is 14.4. The molecule has 1 saturated heterocycles. The lowest BCUT2D eigenvalue weighted by Gasteiger charge is -2.28. The molecule has 0 radical (unpaired) electrons. The van der Waals surface area contributed by atoms with Crippen LogP contribution in [0.4, 0.5) is 4.39 Å². The summed E-state index contributed by atoms with van der Waals surface area (Å²) in [4.78, 5) is 28.3. The first-order chi connectivity index (χ1) is 11.0. The lowest BCUT2D eigenvalue weighted by molar-refractivity contribution is -0.134. The first-order valence-corrected chi connectivity index (χ1v) is 8.69. The van der Waals surface area contributed by atoms with Crippen molar-refractivity contribution in [2.75, 3.05) is 31.8 Å². The van der Waals surface area contributed by atoms with Gasteiger partial charge in [-0.05, 0) is 26.0 Å². The third-order valence-electron chi connectivity index (χ3n) is 3.91. The highest BCUT2D eigenvalue weighted by Gasteiger charge is 2.37. The second-order valence-corrected chi connectivity index (χ2v) is 6.15. The van der Waals surface area contributed by atoms with Crippen molar-refractivity contribution in [1.82, 2.24) is 9.80 Å². The van der Waals surface area contributed by atoms with Gasteiger partial charge in [0.2, 0.25) is 5.91 Å². The van der Waals surface area contributed by atoms with Gasteiger partial charge in [-0.2, -0.15) is 0 Å². The van der Waals surface area contributed by atoms with Crippen molar-refractivity contribution in [3.63, 3.8) is 0 Å². The van der Waals surface area contributed by atoms with Gasteiger partial charge in [0.15, 0.2) is 0 Å². The largest absolute Gasteiger partial charge is 0.497 e. The van der Waals surface area contributed by atoms with Crippen molar-refractivity contribution in [3.8, 4) is 5.75 Å². The molecule has 1 aliphatic rings. The molecule has 1 aliphatic heterocycles. The summed E-state index contributed by atoms with van der Waals surface area (Å²) < 4.78 is 19.1. The van der Waals surface area contributed by atoms with E-state index in [1.54, 1.807) is 11.0 Å². The van der Waals surface area contributed by atoms with E-state index in [1.165, 1.54) is 35.9 Å². The predicted octanol–water partition coefficient (Wildman–Crippen LogP) is 2.22. The van der Waals surface area contributed by atoms with Crippen molar-refractivity contribution < 1.29 is 18.7 Å². The first-order valence-electron chi connectivity index (χ1n) is 7.54. The first kappa shape index (κ1) is 17.6. The van der Waals surface area contributed by atoms with Gasteiger partial charge in [-0.3, -0.25) is 9.59 Å². The van der Waals surface area contributed by atoms with Crippen LogP contribution in [0.25, 0.3) is 0 Å². The summed E-state index contributed by atoms with van der Waals surface area (Å²) in [5, 5.41) is 0. The van der Waals surface area contributed by atoms with Crippen LogP contribution in [0.3, 0.4) is 0 Å². The number of hydrogen-bond donors (Lipinski definition) is 0. The number of benzene rings is 1. The fourth-order valence-electron chi connectivity index (χ4n) is 2.54. The summed E-state index contributed by atoms with van der Waals surface area (Å²) in [6.45, 7) is 4.99. The predicted molar refractivity (Wildman–Crippen MR) is 88.2 cm³/mol. The lowest BCUT2D eigenvalue weighted by Crippen LogP contribution is -2.49. The van der Waals surface area contributed by atoms with E-state index < -0.39 is 17.8 Å². The molecule has 126 valence electrons. The van der Waals surface area contributed by atoms with Gasteiger partial charge >= 0.3 is 0 Å². The Hall–Kier alpha value is -1.76. The van der Waals surface area contributed by atoms with Crippen LogP contribution in [-0.2, 0) is 4.79 Å². The van der Waals surface area contributed by atoms with Crippen molar-refractivity contribution in [3.05, 3.63) is 29.6 Å². The number of likely N-dealkylation sites (N-methyl/N-ethyl adjacent to an activating group) is 1. The Morgan fingerprint density at radius 1 is 1.39 bits per heavy atom. The highest BCUT2D eigenvalue weighted by molar-refractivity contribution is 7.99. The monoisotopic (exact) mass is 340 g/mol. The number of carbonyl (C=O) groups is 2. The number of rotatable bonds is 5. The Balaban J connectivity index is 2.22. The van der Waals surface area contributed by atoms with E-state index in [0.717, 1.165) is 0 Å². The standard InChI is InChI=1S/C16H21FN2O3S/c1-4-18(5-2)16(21)14-9-23-10-19(14)15(20)12-7-6-11(22-3)8-13(12)17/h6-8,14H,4-5,9-10H2,1-3H3/t14-/m0/s1. The van der Waals surface area contributed by atoms with Crippen LogP contribution < -0.4 is 4.74 Å². The second kappa shape index (κ2) is 7.68. The van der Waals surface area contributed by atoms with Crippen LogP contribution >= 0.6 is 11.8 Å². The Morgan fingerprint density at radius 2 is 2.09 bits per heavy atom. The molecule has 0 unspecified atom stereocenters. The number of carbonyl (C=O) groups excluding carboxylic acids is 2. The van der Waals surface area contributed by atoms with Crippen LogP contribution in [0, 0.1) is 5.82 Å². The number of nitrogens with zero attached hydrogens (tertiary/aromatic N) is 2. The molecule has 1 aromatic rings. The van der Waals surface area contributed by atoms with Gasteiger partial charge in [0, 0.05) is 24.9 Å². The van der Waals surface area contributed by atoms with Crippen LogP contribution in [0.5, 0.6) is 5.75 Å². The maximum atomic E-state index is 14.1. The molecule has 23 heavy (non-hydrogen) atoms. The molecule has 0 aromatic heterocycles. The number of methoxy groups -OCH3 is 1. The van der Waals surface area contributed by atoms with Gasteiger partial charge in [-0.1, -0.05) is 0 Å². The van der Waals surface area contributed by atoms with Crippen molar-refractivity contribution >= 4 is 23.6 Å². The van der Waals surface area contributed by atoms with Crippen LogP contribution in [0.15, 0.2) is 18.2 Å². The van der Waals surface area contributed by atoms with Crippen molar-refractivity contribution in [2.45, 2.75) is 19.9 Å². The molecular weight excluding hydrogens is 319 g/mol. The van der Waals surface area contributed by atoms with Crippen LogP contribution in [0.2, 0.25) is 0 Å². The number of hydrogen-bond acceptors (Lipinski definition) is 4. The molecule has 1 aromatic carbocycles. The van der Waals surface area contributed by atoms with Crippen LogP contribution in [-0.4, -0.2) is 59.5 Å². The Kier molecular flexibility index (Phi) is 5.87. The highest BCUT2D eigenvalue weighted by Crippen LogP contribution is 2.26. The molecule has 2 rings (SSSR count). The van der Waals surface area contributed by atoms with E-state index in [1.807, 2.05) is 13.8 Å². The highest BCUT2D eigenvalue weighted by atomic mass is 32.2. The fraction of sp³-hybridized carbons (Fsp3) is 0.500. The molecule has 1 fully saturated rings. The number of ether oxygens (including phenoxy) is 1. The van der Waals surface area contributed by atoms with E-state index in [-0.39, 0.29) is 11.5 Å². The summed E-state index contributed by atoms with van der Waals surface area (Å²) >= 11 is 1.50. The molecule has 0 saturated carbocycles. The molecule has 0 bridgehead atoms. The Bertz CT molecular complexity index is 593. The third kappa shape index (κ3) is 3.60. The molecule has 0 N–H and O–H groups in total. The van der Waals surface area contributed by atoms with Gasteiger partial charge in [0.25, 0.3) is 5.91 Å². The van der Waals surface area contributed by atoms with E-state index in [0.29, 0.717) is 30.5 Å². The molecule has 1 heterocycles. The number of thioether (sulfide) groups is 1. The number of amides is 2. The zero-order valence-electron chi connectivity index (χ0n) is 13.5. The third-order valence-corrected chi connectivity index (χ3v) is 4.92. The zero-order chi connectivity index (χ0) is 17.0. The second-order valence-electron chi connectivity index (χ2n) is 5.15. The van der Waals surface area contributed by atoms with Gasteiger partial charge in [-0.15, -0.1) is 11.8 Å². The minimum Gasteiger partial charge on any atom is -0.497 e. The van der Waals surface area contributed by atoms with Gasteiger partial charge in [0.05, 0.1) is 18.6 Å². The van der Waals surface area contributed by atoms with E-state index in [2.05, 4.69) is 0 Å². The van der Waals surface area contributed by atoms with Crippen LogP contribution in [0.1, 0.15) is 24.2 Å². The van der Waals surface area contributed by atoms with Gasteiger partial charge in [0.1, 0.15) is 17.6 Å². The Morgan fingerprint density at radius 3 is 2.65 bits per heavy atom. The minimum atomic E-state index is -0.639. The number of halogens is 1. The van der Waals surface area contributed by atoms with E-state index >= 15 is 0 Å². The molecule has 5 nitrogen and oxygen atoms in total. The maximum absolute atomic E-state index is 14.1. The molecule has 0 aliphatic carbocycles. The summed E-state index contributed by atoms with van der Waals surface area (Å²) in [6.07, 6.45) is 0. The van der Waals surface area contributed by atoms with Gasteiger partial charge < -0.3 is 14.5 Å². The van der Waals surface area contributed by atoms with E-state index in [9.17, 15) is 14.0 Å². The summed E-state index contributed by atoms with van der Waals surface area (Å²) in [6, 6.07) is 3.59. The summed E-state index contributed by atoms with van der Waals surface area (Å²) in [5.74, 6) is 0.106. The SMILES string of the molecule is CCN(CC)C(=O)[C@@H]1CSCN1C(=O)c1ccc(OC)cc1F. The van der Waals surface area contributed by atoms with Gasteiger partial charge in [-0.25, -0.2) is 4.39 Å².